The van der Waals surface area contributed by atoms with Gasteiger partial charge in [-0.2, -0.15) is 5.10 Å². The second kappa shape index (κ2) is 7.72. The van der Waals surface area contributed by atoms with Crippen LogP contribution < -0.4 is 4.90 Å². The van der Waals surface area contributed by atoms with Crippen LogP contribution in [0.3, 0.4) is 0 Å². The van der Waals surface area contributed by atoms with Gasteiger partial charge in [0.1, 0.15) is 0 Å². The van der Waals surface area contributed by atoms with E-state index in [1.54, 1.807) is 4.68 Å². The molecular weight excluding hydrogens is 312 g/mol. The molecule has 25 heavy (non-hydrogen) atoms. The van der Waals surface area contributed by atoms with Crippen molar-refractivity contribution in [1.29, 1.82) is 0 Å². The van der Waals surface area contributed by atoms with Crippen LogP contribution in [-0.2, 0) is 24.8 Å². The summed E-state index contributed by atoms with van der Waals surface area (Å²) in [5.74, 6) is 0.941. The summed E-state index contributed by atoms with van der Waals surface area (Å²) in [5, 5.41) is 4.18. The van der Waals surface area contributed by atoms with E-state index in [4.69, 9.17) is 0 Å². The number of aromatic nitrogens is 2. The number of amides is 1. The molecule has 2 aromatic rings. The van der Waals surface area contributed by atoms with Crippen LogP contribution >= 0.6 is 0 Å². The molecule has 0 aliphatic heterocycles. The Bertz CT molecular complexity index is 701. The lowest BCUT2D eigenvalue weighted by atomic mass is 10.1. The molecule has 0 spiro atoms. The zero-order valence-corrected chi connectivity index (χ0v) is 15.5. The third kappa shape index (κ3) is 5.08. The third-order valence-corrected chi connectivity index (χ3v) is 4.74. The van der Waals surface area contributed by atoms with E-state index in [1.807, 2.05) is 38.4 Å². The molecule has 1 aromatic heterocycles. The first kappa shape index (κ1) is 17.5. The number of rotatable bonds is 8. The number of nitrogens with zero attached hydrogens (tertiary/aromatic N) is 4. The van der Waals surface area contributed by atoms with Gasteiger partial charge >= 0.3 is 0 Å². The SMILES string of the molecule is CN(C)c1ccc(CN(CC2CC2)C(=O)CCc2cnn(C)c2)cc1. The molecule has 1 saturated carbocycles. The van der Waals surface area contributed by atoms with Gasteiger partial charge in [0.05, 0.1) is 6.20 Å². The van der Waals surface area contributed by atoms with Gasteiger partial charge in [0.2, 0.25) is 5.91 Å². The molecule has 1 heterocycles. The van der Waals surface area contributed by atoms with Crippen molar-refractivity contribution in [1.82, 2.24) is 14.7 Å². The van der Waals surface area contributed by atoms with Gasteiger partial charge in [0, 0.05) is 52.5 Å². The first-order valence-electron chi connectivity index (χ1n) is 9.03. The van der Waals surface area contributed by atoms with Gasteiger partial charge in [0.15, 0.2) is 0 Å². The predicted molar refractivity (Wildman–Crippen MR) is 100 cm³/mol. The topological polar surface area (TPSA) is 41.4 Å². The van der Waals surface area contributed by atoms with Crippen LogP contribution in [0.4, 0.5) is 5.69 Å². The number of benzene rings is 1. The maximum atomic E-state index is 12.8. The number of carbonyl (C=O) groups is 1. The zero-order valence-electron chi connectivity index (χ0n) is 15.5. The smallest absolute Gasteiger partial charge is 0.223 e. The molecule has 5 nitrogen and oxygen atoms in total. The molecule has 0 unspecified atom stereocenters. The second-order valence-corrected chi connectivity index (χ2v) is 7.30. The summed E-state index contributed by atoms with van der Waals surface area (Å²) in [6.45, 7) is 1.59. The number of carbonyl (C=O) groups excluding carboxylic acids is 1. The van der Waals surface area contributed by atoms with Gasteiger partial charge in [-0.05, 0) is 48.4 Å². The molecule has 1 aliphatic carbocycles. The quantitative estimate of drug-likeness (QED) is 0.742. The zero-order chi connectivity index (χ0) is 17.8. The number of anilines is 1. The van der Waals surface area contributed by atoms with E-state index >= 15 is 0 Å². The lowest BCUT2D eigenvalue weighted by molar-refractivity contribution is -0.132. The maximum Gasteiger partial charge on any atom is 0.223 e. The van der Waals surface area contributed by atoms with Crippen molar-refractivity contribution in [2.45, 2.75) is 32.2 Å². The van der Waals surface area contributed by atoms with Crippen LogP contribution in [0.1, 0.15) is 30.4 Å². The Morgan fingerprint density at radius 1 is 1.20 bits per heavy atom. The third-order valence-electron chi connectivity index (χ3n) is 4.74. The molecule has 134 valence electrons. The normalized spacial score (nSPS) is 13.7. The van der Waals surface area contributed by atoms with Crippen LogP contribution in [0.25, 0.3) is 0 Å². The second-order valence-electron chi connectivity index (χ2n) is 7.30. The fourth-order valence-electron chi connectivity index (χ4n) is 3.00. The van der Waals surface area contributed by atoms with Crippen molar-refractivity contribution in [3.05, 3.63) is 47.8 Å². The van der Waals surface area contributed by atoms with Crippen LogP contribution in [0.2, 0.25) is 0 Å². The van der Waals surface area contributed by atoms with E-state index in [1.165, 1.54) is 24.1 Å². The van der Waals surface area contributed by atoms with E-state index in [-0.39, 0.29) is 5.91 Å². The molecule has 1 fully saturated rings. The van der Waals surface area contributed by atoms with Crippen LogP contribution in [-0.4, -0.2) is 41.2 Å². The van der Waals surface area contributed by atoms with Gasteiger partial charge in [-0.15, -0.1) is 0 Å². The fraction of sp³-hybridized carbons (Fsp3) is 0.500. The Morgan fingerprint density at radius 2 is 1.92 bits per heavy atom. The van der Waals surface area contributed by atoms with Gasteiger partial charge in [-0.3, -0.25) is 9.48 Å². The van der Waals surface area contributed by atoms with Crippen LogP contribution in [0, 0.1) is 5.92 Å². The fourth-order valence-corrected chi connectivity index (χ4v) is 3.00. The Morgan fingerprint density at radius 3 is 2.48 bits per heavy atom. The Hall–Kier alpha value is -2.30. The maximum absolute atomic E-state index is 12.8. The molecule has 1 amide bonds. The monoisotopic (exact) mass is 340 g/mol. The highest BCUT2D eigenvalue weighted by molar-refractivity contribution is 5.76. The Kier molecular flexibility index (Phi) is 5.41. The standard InChI is InChI=1S/C20H28N4O/c1-22(2)19-9-6-17(7-10-19)15-24(14-16-4-5-16)20(25)11-8-18-12-21-23(3)13-18/h6-7,9-10,12-13,16H,4-5,8,11,14-15H2,1-3H3. The van der Waals surface area contributed by atoms with Crippen molar-refractivity contribution in [3.8, 4) is 0 Å². The first-order chi connectivity index (χ1) is 12.0. The summed E-state index contributed by atoms with van der Waals surface area (Å²) in [6, 6.07) is 8.49. The minimum absolute atomic E-state index is 0.243. The Balaban J connectivity index is 1.60. The highest BCUT2D eigenvalue weighted by atomic mass is 16.2. The largest absolute Gasteiger partial charge is 0.378 e. The molecule has 0 radical (unpaired) electrons. The van der Waals surface area contributed by atoms with Gasteiger partial charge in [-0.1, -0.05) is 12.1 Å². The molecule has 3 rings (SSSR count). The summed E-state index contributed by atoms with van der Waals surface area (Å²) >= 11 is 0. The summed E-state index contributed by atoms with van der Waals surface area (Å²) in [6.07, 6.45) is 7.65. The predicted octanol–water partition coefficient (Wildman–Crippen LogP) is 2.86. The lowest BCUT2D eigenvalue weighted by Crippen LogP contribution is -2.32. The van der Waals surface area contributed by atoms with Crippen molar-refractivity contribution in [2.75, 3.05) is 25.5 Å². The van der Waals surface area contributed by atoms with Crippen molar-refractivity contribution in [3.63, 3.8) is 0 Å². The number of hydrogen-bond donors (Lipinski definition) is 0. The van der Waals surface area contributed by atoms with Gasteiger partial charge in [-0.25, -0.2) is 0 Å². The highest BCUT2D eigenvalue weighted by Crippen LogP contribution is 2.30. The lowest BCUT2D eigenvalue weighted by Gasteiger charge is -2.23. The highest BCUT2D eigenvalue weighted by Gasteiger charge is 2.26. The molecule has 1 aliphatic rings. The molecule has 0 N–H and O–H groups in total. The molecule has 0 saturated heterocycles. The minimum Gasteiger partial charge on any atom is -0.378 e. The molecular formula is C20H28N4O. The summed E-state index contributed by atoms with van der Waals surface area (Å²) in [4.78, 5) is 16.9. The first-order valence-corrected chi connectivity index (χ1v) is 9.03. The van der Waals surface area contributed by atoms with Gasteiger partial charge in [0.25, 0.3) is 0 Å². The molecule has 1 aromatic carbocycles. The average molecular weight is 340 g/mol. The minimum atomic E-state index is 0.243. The Labute approximate surface area is 150 Å². The summed E-state index contributed by atoms with van der Waals surface area (Å²) in [7, 11) is 5.98. The van der Waals surface area contributed by atoms with Crippen molar-refractivity contribution >= 4 is 11.6 Å². The van der Waals surface area contributed by atoms with E-state index in [0.717, 1.165) is 18.5 Å². The van der Waals surface area contributed by atoms with E-state index in [2.05, 4.69) is 34.3 Å². The number of hydrogen-bond acceptors (Lipinski definition) is 3. The van der Waals surface area contributed by atoms with E-state index < -0.39 is 0 Å². The molecule has 5 heteroatoms. The summed E-state index contributed by atoms with van der Waals surface area (Å²) < 4.78 is 1.79. The van der Waals surface area contributed by atoms with Crippen LogP contribution in [0.5, 0.6) is 0 Å². The van der Waals surface area contributed by atoms with Crippen molar-refractivity contribution in [2.24, 2.45) is 13.0 Å². The van der Waals surface area contributed by atoms with E-state index in [0.29, 0.717) is 18.9 Å². The molecule has 0 bridgehead atoms. The van der Waals surface area contributed by atoms with Gasteiger partial charge < -0.3 is 9.80 Å². The van der Waals surface area contributed by atoms with E-state index in [9.17, 15) is 4.79 Å². The number of aryl methyl sites for hydroxylation is 2. The summed E-state index contributed by atoms with van der Waals surface area (Å²) in [5.41, 5.74) is 3.50. The van der Waals surface area contributed by atoms with Crippen LogP contribution in [0.15, 0.2) is 36.7 Å². The van der Waals surface area contributed by atoms with Crippen molar-refractivity contribution < 1.29 is 4.79 Å². The average Bonchev–Trinajstić information content (AvgIpc) is 3.32. The molecule has 0 atom stereocenters.